The molecule has 0 spiro atoms. The van der Waals surface area contributed by atoms with Crippen molar-refractivity contribution in [2.24, 2.45) is 0 Å². The number of sulfonamides is 1. The molecule has 2 rings (SSSR count). The monoisotopic (exact) mass is 363 g/mol. The van der Waals surface area contributed by atoms with E-state index in [1.54, 1.807) is 6.07 Å². The van der Waals surface area contributed by atoms with Gasteiger partial charge in [-0.2, -0.15) is 0 Å². The highest BCUT2D eigenvalue weighted by atomic mass is 32.2. The molecule has 130 valence electrons. The third-order valence-corrected chi connectivity index (χ3v) is 4.51. The first-order chi connectivity index (χ1) is 11.2. The molecule has 9 heteroatoms. The maximum Gasteiger partial charge on any atom is 0.573 e. The predicted octanol–water partition coefficient (Wildman–Crippen LogP) is 3.25. The Kier molecular flexibility index (Phi) is 5.45. The van der Waals surface area contributed by atoms with Crippen molar-refractivity contribution in [3.05, 3.63) is 59.9 Å². The van der Waals surface area contributed by atoms with Gasteiger partial charge in [0.25, 0.3) is 0 Å². The van der Waals surface area contributed by atoms with Crippen LogP contribution in [0.1, 0.15) is 5.56 Å². The van der Waals surface area contributed by atoms with E-state index >= 15 is 0 Å². The first-order valence-corrected chi connectivity index (χ1v) is 8.25. The van der Waals surface area contributed by atoms with Crippen molar-refractivity contribution in [1.82, 2.24) is 4.72 Å². The number of ether oxygens (including phenoxy) is 1. The van der Waals surface area contributed by atoms with E-state index in [0.29, 0.717) is 5.56 Å². The van der Waals surface area contributed by atoms with Crippen LogP contribution < -0.4 is 9.46 Å². The van der Waals surface area contributed by atoms with Gasteiger partial charge in [-0.3, -0.25) is 0 Å². The van der Waals surface area contributed by atoms with E-state index in [1.165, 1.54) is 30.3 Å². The molecule has 0 aliphatic carbocycles. The van der Waals surface area contributed by atoms with Crippen LogP contribution in [0.4, 0.5) is 17.6 Å². The number of alkyl halides is 3. The summed E-state index contributed by atoms with van der Waals surface area (Å²) >= 11 is 0. The molecule has 0 heterocycles. The first kappa shape index (κ1) is 18.2. The molecule has 0 aromatic heterocycles. The quantitative estimate of drug-likeness (QED) is 0.802. The summed E-state index contributed by atoms with van der Waals surface area (Å²) in [6.07, 6.45) is -4.97. The Morgan fingerprint density at radius 3 is 2.29 bits per heavy atom. The topological polar surface area (TPSA) is 55.4 Å². The molecule has 0 saturated heterocycles. The Morgan fingerprint density at radius 2 is 1.62 bits per heavy atom. The fourth-order valence-corrected chi connectivity index (χ4v) is 3.14. The van der Waals surface area contributed by atoms with Crippen LogP contribution in [0.2, 0.25) is 0 Å². The Morgan fingerprint density at radius 1 is 1.00 bits per heavy atom. The highest BCUT2D eigenvalue weighted by Crippen LogP contribution is 2.29. The van der Waals surface area contributed by atoms with E-state index in [-0.39, 0.29) is 13.0 Å². The van der Waals surface area contributed by atoms with Gasteiger partial charge in [0.15, 0.2) is 0 Å². The number of benzene rings is 2. The van der Waals surface area contributed by atoms with Crippen LogP contribution in [0.5, 0.6) is 5.75 Å². The molecule has 0 radical (unpaired) electrons. The molecule has 0 atom stereocenters. The lowest BCUT2D eigenvalue weighted by Crippen LogP contribution is -2.27. The zero-order valence-electron chi connectivity index (χ0n) is 12.2. The molecule has 4 nitrogen and oxygen atoms in total. The van der Waals surface area contributed by atoms with Gasteiger partial charge in [-0.1, -0.05) is 30.3 Å². The van der Waals surface area contributed by atoms with Crippen LogP contribution in [0.3, 0.4) is 0 Å². The third-order valence-electron chi connectivity index (χ3n) is 3.01. The van der Waals surface area contributed by atoms with Crippen molar-refractivity contribution in [2.45, 2.75) is 17.7 Å². The number of hydrogen-bond acceptors (Lipinski definition) is 3. The van der Waals surface area contributed by atoms with Crippen LogP contribution in [-0.4, -0.2) is 21.3 Å². The van der Waals surface area contributed by atoms with Crippen LogP contribution in [-0.2, 0) is 16.4 Å². The fraction of sp³-hybridized carbons (Fsp3) is 0.200. The minimum atomic E-state index is -5.02. The minimum Gasteiger partial charge on any atom is -0.404 e. The van der Waals surface area contributed by atoms with Gasteiger partial charge < -0.3 is 4.74 Å². The van der Waals surface area contributed by atoms with Gasteiger partial charge in [0.1, 0.15) is 16.5 Å². The van der Waals surface area contributed by atoms with E-state index in [2.05, 4.69) is 9.46 Å². The van der Waals surface area contributed by atoms with E-state index in [9.17, 15) is 26.0 Å². The number of hydrogen-bond donors (Lipinski definition) is 1. The lowest BCUT2D eigenvalue weighted by molar-refractivity contribution is -0.275. The van der Waals surface area contributed by atoms with Crippen molar-refractivity contribution < 1.29 is 30.7 Å². The van der Waals surface area contributed by atoms with Gasteiger partial charge in [-0.15, -0.1) is 13.2 Å². The predicted molar refractivity (Wildman–Crippen MR) is 78.4 cm³/mol. The summed E-state index contributed by atoms with van der Waals surface area (Å²) in [5.74, 6) is -1.32. The molecule has 2 aromatic rings. The minimum absolute atomic E-state index is 0.0498. The summed E-state index contributed by atoms with van der Waals surface area (Å²) < 4.78 is 80.7. The fourth-order valence-electron chi connectivity index (χ4n) is 1.98. The molecule has 0 amide bonds. The van der Waals surface area contributed by atoms with E-state index in [4.69, 9.17) is 0 Å². The van der Waals surface area contributed by atoms with Crippen LogP contribution >= 0.6 is 0 Å². The number of halogens is 4. The van der Waals surface area contributed by atoms with Gasteiger partial charge in [0.2, 0.25) is 10.0 Å². The molecular weight excluding hydrogens is 350 g/mol. The Hall–Kier alpha value is -2.13. The Labute approximate surface area is 136 Å². The van der Waals surface area contributed by atoms with Crippen molar-refractivity contribution in [1.29, 1.82) is 0 Å². The van der Waals surface area contributed by atoms with Crippen molar-refractivity contribution >= 4 is 10.0 Å². The van der Waals surface area contributed by atoms with Crippen LogP contribution in [0, 0.1) is 5.82 Å². The third kappa shape index (κ3) is 4.93. The molecule has 0 unspecified atom stereocenters. The SMILES string of the molecule is O=S(=O)(NCCc1ccccc1F)c1ccccc1OC(F)(F)F. The molecule has 0 fully saturated rings. The Bertz CT molecular complexity index is 806. The van der Waals surface area contributed by atoms with Crippen molar-refractivity contribution in [2.75, 3.05) is 6.54 Å². The van der Waals surface area contributed by atoms with E-state index < -0.39 is 32.8 Å². The smallest absolute Gasteiger partial charge is 0.404 e. The Balaban J connectivity index is 2.12. The number of para-hydroxylation sites is 1. The highest BCUT2D eigenvalue weighted by Gasteiger charge is 2.33. The van der Waals surface area contributed by atoms with Gasteiger partial charge >= 0.3 is 6.36 Å². The van der Waals surface area contributed by atoms with Gasteiger partial charge in [-0.05, 0) is 30.2 Å². The molecular formula is C15H13F4NO3S. The lowest BCUT2D eigenvalue weighted by Gasteiger charge is -2.14. The maximum atomic E-state index is 13.5. The van der Waals surface area contributed by atoms with Gasteiger partial charge in [0, 0.05) is 6.54 Å². The molecule has 1 N–H and O–H groups in total. The molecule has 0 saturated carbocycles. The van der Waals surface area contributed by atoms with E-state index in [1.807, 2.05) is 0 Å². The standard InChI is InChI=1S/C15H13F4NO3S/c16-12-6-2-1-5-11(12)9-10-20-24(21,22)14-8-4-3-7-13(14)23-15(17,18)19/h1-8,20H,9-10H2. The first-order valence-electron chi connectivity index (χ1n) is 6.77. The molecule has 0 bridgehead atoms. The largest absolute Gasteiger partial charge is 0.573 e. The summed E-state index contributed by atoms with van der Waals surface area (Å²) in [7, 11) is -4.24. The van der Waals surface area contributed by atoms with Gasteiger partial charge in [0.05, 0.1) is 0 Å². The normalized spacial score (nSPS) is 12.2. The average Bonchev–Trinajstić information content (AvgIpc) is 2.48. The van der Waals surface area contributed by atoms with Crippen LogP contribution in [0.25, 0.3) is 0 Å². The van der Waals surface area contributed by atoms with E-state index in [0.717, 1.165) is 12.1 Å². The molecule has 24 heavy (non-hydrogen) atoms. The molecule has 0 aliphatic heterocycles. The number of nitrogens with one attached hydrogen (secondary N) is 1. The van der Waals surface area contributed by atoms with Gasteiger partial charge in [-0.25, -0.2) is 17.5 Å². The second-order valence-corrected chi connectivity index (χ2v) is 6.47. The summed E-state index contributed by atoms with van der Waals surface area (Å²) in [5.41, 5.74) is 0.292. The zero-order chi connectivity index (χ0) is 17.8. The van der Waals surface area contributed by atoms with Crippen molar-refractivity contribution in [3.63, 3.8) is 0 Å². The van der Waals surface area contributed by atoms with Crippen molar-refractivity contribution in [3.8, 4) is 5.75 Å². The lowest BCUT2D eigenvalue weighted by atomic mass is 10.1. The number of rotatable bonds is 6. The summed E-state index contributed by atoms with van der Waals surface area (Å²) in [4.78, 5) is -0.643. The summed E-state index contributed by atoms with van der Waals surface area (Å²) in [6.45, 7) is -0.177. The zero-order valence-corrected chi connectivity index (χ0v) is 13.0. The average molecular weight is 363 g/mol. The maximum absolute atomic E-state index is 13.5. The van der Waals surface area contributed by atoms with Crippen LogP contribution in [0.15, 0.2) is 53.4 Å². The molecule has 2 aromatic carbocycles. The molecule has 0 aliphatic rings. The summed E-state index contributed by atoms with van der Waals surface area (Å²) in [5, 5.41) is 0. The summed E-state index contributed by atoms with van der Waals surface area (Å²) in [6, 6.07) is 10.2. The highest BCUT2D eigenvalue weighted by molar-refractivity contribution is 7.89. The second-order valence-electron chi connectivity index (χ2n) is 4.73. The second kappa shape index (κ2) is 7.18.